The number of para-hydroxylation sites is 1. The molecular weight excluding hydrogens is 328 g/mol. The Labute approximate surface area is 144 Å². The van der Waals surface area contributed by atoms with Crippen molar-refractivity contribution in [2.45, 2.75) is 19.1 Å². The van der Waals surface area contributed by atoms with Crippen molar-refractivity contribution in [3.05, 3.63) is 41.7 Å². The fourth-order valence-corrected chi connectivity index (χ4v) is 3.64. The molecule has 7 heteroatoms. The Morgan fingerprint density at radius 1 is 1.24 bits per heavy atom. The average molecular weight is 348 g/mol. The number of benzene rings is 1. The second-order valence-corrected chi connectivity index (χ2v) is 6.23. The number of aliphatic hydroxyl groups excluding tert-OH is 1. The molecule has 1 saturated carbocycles. The summed E-state index contributed by atoms with van der Waals surface area (Å²) in [6.07, 6.45) is 1.55. The average Bonchev–Trinajstić information content (AvgIpc) is 3.04. The topological polar surface area (TPSA) is 102 Å². The highest BCUT2D eigenvalue weighted by Gasteiger charge is 2.47. The van der Waals surface area contributed by atoms with Crippen LogP contribution in [0.25, 0.3) is 0 Å². The first-order valence-corrected chi connectivity index (χ1v) is 8.10. The largest absolute Gasteiger partial charge is 0.507 e. The third kappa shape index (κ3) is 3.32. The van der Waals surface area contributed by atoms with Gasteiger partial charge in [0.15, 0.2) is 6.29 Å². The Hall–Kier alpha value is -2.54. The second kappa shape index (κ2) is 7.14. The number of phenols is 1. The van der Waals surface area contributed by atoms with Gasteiger partial charge in [0.2, 0.25) is 0 Å². The molecule has 0 spiro atoms. The summed E-state index contributed by atoms with van der Waals surface area (Å²) in [5, 5.41) is 19.9. The second-order valence-electron chi connectivity index (χ2n) is 6.23. The number of hydrogen-bond donors (Lipinski definition) is 2. The molecule has 1 aromatic carbocycles. The van der Waals surface area contributed by atoms with Crippen LogP contribution in [0.4, 0.5) is 0 Å². The zero-order valence-corrected chi connectivity index (χ0v) is 13.8. The summed E-state index contributed by atoms with van der Waals surface area (Å²) in [4.78, 5) is 24.0. The molecule has 0 aromatic heterocycles. The van der Waals surface area contributed by atoms with Crippen LogP contribution in [0.2, 0.25) is 0 Å². The third-order valence-electron chi connectivity index (χ3n) is 4.89. The van der Waals surface area contributed by atoms with E-state index in [1.807, 2.05) is 0 Å². The summed E-state index contributed by atoms with van der Waals surface area (Å²) in [6, 6.07) is 6.14. The van der Waals surface area contributed by atoms with E-state index in [0.29, 0.717) is 18.4 Å². The zero-order valence-electron chi connectivity index (χ0n) is 13.8. The van der Waals surface area contributed by atoms with E-state index in [4.69, 9.17) is 14.2 Å². The Bertz CT molecular complexity index is 696. The van der Waals surface area contributed by atoms with Crippen molar-refractivity contribution in [2.24, 2.45) is 17.8 Å². The van der Waals surface area contributed by atoms with Crippen LogP contribution >= 0.6 is 0 Å². The maximum atomic E-state index is 12.1. The molecule has 0 saturated heterocycles. The standard InChI is InChI=1S/C18H20O7/c1-23-16(20)13-9-25-18(22)15-10(6-7-11(13)15)8-24-17(21)12-4-2-3-5-14(12)19/h2-5,9-11,15,18-19,22H,6-8H2,1H3. The molecule has 2 aliphatic rings. The summed E-state index contributed by atoms with van der Waals surface area (Å²) in [5.41, 5.74) is 0.486. The molecule has 1 aromatic rings. The van der Waals surface area contributed by atoms with Crippen molar-refractivity contribution >= 4 is 11.9 Å². The minimum Gasteiger partial charge on any atom is -0.507 e. The number of rotatable bonds is 4. The van der Waals surface area contributed by atoms with Gasteiger partial charge in [0, 0.05) is 17.8 Å². The highest BCUT2D eigenvalue weighted by Crippen LogP contribution is 2.46. The smallest absolute Gasteiger partial charge is 0.341 e. The lowest BCUT2D eigenvalue weighted by Gasteiger charge is -2.32. The van der Waals surface area contributed by atoms with Gasteiger partial charge >= 0.3 is 11.9 Å². The van der Waals surface area contributed by atoms with E-state index in [2.05, 4.69) is 0 Å². The minimum atomic E-state index is -1.06. The van der Waals surface area contributed by atoms with Gasteiger partial charge in [-0.2, -0.15) is 0 Å². The van der Waals surface area contributed by atoms with Crippen LogP contribution in [-0.2, 0) is 19.0 Å². The van der Waals surface area contributed by atoms with Gasteiger partial charge in [-0.05, 0) is 25.0 Å². The number of esters is 2. The van der Waals surface area contributed by atoms with Crippen LogP contribution in [-0.4, -0.2) is 42.2 Å². The molecule has 1 heterocycles. The van der Waals surface area contributed by atoms with Gasteiger partial charge in [0.1, 0.15) is 11.3 Å². The summed E-state index contributed by atoms with van der Waals surface area (Å²) >= 11 is 0. The normalized spacial score (nSPS) is 27.7. The predicted molar refractivity (Wildman–Crippen MR) is 85.3 cm³/mol. The SMILES string of the molecule is COC(=O)C1=COC(O)C2C(COC(=O)c3ccccc3O)CCC12. The van der Waals surface area contributed by atoms with Gasteiger partial charge in [-0.25, -0.2) is 9.59 Å². The van der Waals surface area contributed by atoms with E-state index >= 15 is 0 Å². The highest BCUT2D eigenvalue weighted by atomic mass is 16.6. The van der Waals surface area contributed by atoms with Crippen LogP contribution in [0.15, 0.2) is 36.1 Å². The van der Waals surface area contributed by atoms with Crippen LogP contribution < -0.4 is 0 Å². The lowest BCUT2D eigenvalue weighted by atomic mass is 9.83. The number of carbonyl (C=O) groups is 2. The van der Waals surface area contributed by atoms with E-state index in [-0.39, 0.29) is 35.7 Å². The summed E-state index contributed by atoms with van der Waals surface area (Å²) < 4.78 is 15.2. The molecule has 2 N–H and O–H groups in total. The first kappa shape index (κ1) is 17.3. The molecular formula is C18H20O7. The van der Waals surface area contributed by atoms with Crippen LogP contribution in [0.5, 0.6) is 5.75 Å². The Kier molecular flexibility index (Phi) is 4.94. The molecule has 1 fully saturated rings. The Morgan fingerprint density at radius 3 is 2.72 bits per heavy atom. The van der Waals surface area contributed by atoms with Crippen molar-refractivity contribution < 1.29 is 34.0 Å². The highest BCUT2D eigenvalue weighted by molar-refractivity contribution is 5.92. The van der Waals surface area contributed by atoms with Gasteiger partial charge in [0.25, 0.3) is 0 Å². The molecule has 134 valence electrons. The van der Waals surface area contributed by atoms with Crippen molar-refractivity contribution in [1.29, 1.82) is 0 Å². The van der Waals surface area contributed by atoms with Gasteiger partial charge in [0.05, 0.1) is 25.6 Å². The van der Waals surface area contributed by atoms with Crippen molar-refractivity contribution in [3.8, 4) is 5.75 Å². The lowest BCUT2D eigenvalue weighted by Crippen LogP contribution is -2.37. The predicted octanol–water partition coefficient (Wildman–Crippen LogP) is 1.60. The van der Waals surface area contributed by atoms with E-state index in [1.54, 1.807) is 12.1 Å². The number of fused-ring (bicyclic) bond motifs is 1. The van der Waals surface area contributed by atoms with Crippen LogP contribution in [0, 0.1) is 17.8 Å². The molecule has 1 aliphatic carbocycles. The van der Waals surface area contributed by atoms with Gasteiger partial charge in [-0.15, -0.1) is 0 Å². The quantitative estimate of drug-likeness (QED) is 0.797. The molecule has 0 amide bonds. The molecule has 0 bridgehead atoms. The van der Waals surface area contributed by atoms with Gasteiger partial charge in [-0.1, -0.05) is 12.1 Å². The first-order valence-electron chi connectivity index (χ1n) is 8.10. The third-order valence-corrected chi connectivity index (χ3v) is 4.89. The maximum Gasteiger partial charge on any atom is 0.341 e. The number of ether oxygens (including phenoxy) is 3. The summed E-state index contributed by atoms with van der Waals surface area (Å²) in [6.45, 7) is 0.0726. The number of carbonyl (C=O) groups excluding carboxylic acids is 2. The fourth-order valence-electron chi connectivity index (χ4n) is 3.64. The summed E-state index contributed by atoms with van der Waals surface area (Å²) in [7, 11) is 1.30. The molecule has 4 atom stereocenters. The van der Waals surface area contributed by atoms with Crippen LogP contribution in [0.3, 0.4) is 0 Å². The lowest BCUT2D eigenvalue weighted by molar-refractivity contribution is -0.146. The van der Waals surface area contributed by atoms with Crippen molar-refractivity contribution in [3.63, 3.8) is 0 Å². The van der Waals surface area contributed by atoms with E-state index in [0.717, 1.165) is 0 Å². The zero-order chi connectivity index (χ0) is 18.0. The molecule has 25 heavy (non-hydrogen) atoms. The van der Waals surface area contributed by atoms with Crippen molar-refractivity contribution in [2.75, 3.05) is 13.7 Å². The Balaban J connectivity index is 1.67. The fraction of sp³-hybridized carbons (Fsp3) is 0.444. The number of aromatic hydroxyl groups is 1. The molecule has 7 nitrogen and oxygen atoms in total. The molecule has 1 aliphatic heterocycles. The van der Waals surface area contributed by atoms with Crippen LogP contribution in [0.1, 0.15) is 23.2 Å². The number of phenolic OH excluding ortho intramolecular Hbond substituents is 1. The number of aliphatic hydroxyl groups is 1. The molecule has 3 rings (SSSR count). The maximum absolute atomic E-state index is 12.1. The van der Waals surface area contributed by atoms with Crippen molar-refractivity contribution in [1.82, 2.24) is 0 Å². The monoisotopic (exact) mass is 348 g/mol. The van der Waals surface area contributed by atoms with E-state index in [9.17, 15) is 19.8 Å². The number of methoxy groups -OCH3 is 1. The molecule has 4 unspecified atom stereocenters. The molecule has 0 radical (unpaired) electrons. The number of hydrogen-bond acceptors (Lipinski definition) is 7. The van der Waals surface area contributed by atoms with E-state index < -0.39 is 18.2 Å². The van der Waals surface area contributed by atoms with Gasteiger partial charge < -0.3 is 24.4 Å². The minimum absolute atomic E-state index is 0.0726. The van der Waals surface area contributed by atoms with E-state index in [1.165, 1.54) is 25.5 Å². The summed E-state index contributed by atoms with van der Waals surface area (Å²) in [5.74, 6) is -1.94. The first-order chi connectivity index (χ1) is 12.0. The van der Waals surface area contributed by atoms with Gasteiger partial charge in [-0.3, -0.25) is 0 Å². The Morgan fingerprint density at radius 2 is 2.00 bits per heavy atom.